The first-order valence-corrected chi connectivity index (χ1v) is 12.2. The Morgan fingerprint density at radius 3 is 2.73 bits per heavy atom. The summed E-state index contributed by atoms with van der Waals surface area (Å²) in [7, 11) is 0. The molecule has 0 bridgehead atoms. The number of aryl methyl sites for hydroxylation is 1. The molecule has 7 heteroatoms. The van der Waals surface area contributed by atoms with E-state index >= 15 is 0 Å². The van der Waals surface area contributed by atoms with Crippen LogP contribution in [0.3, 0.4) is 0 Å². The Morgan fingerprint density at radius 1 is 1.17 bits per heavy atom. The second-order valence-electron chi connectivity index (χ2n) is 8.37. The average molecular weight is 428 g/mol. The number of piperazine rings is 1. The van der Waals surface area contributed by atoms with Gasteiger partial charge in [-0.05, 0) is 38.4 Å². The van der Waals surface area contributed by atoms with Crippen molar-refractivity contribution in [2.75, 3.05) is 55.8 Å². The Morgan fingerprint density at radius 2 is 1.97 bits per heavy atom. The molecule has 2 N–H and O–H groups in total. The van der Waals surface area contributed by atoms with Crippen LogP contribution >= 0.6 is 11.8 Å². The second kappa shape index (κ2) is 9.98. The summed E-state index contributed by atoms with van der Waals surface area (Å²) in [5.41, 5.74) is 9.59. The van der Waals surface area contributed by atoms with Crippen LogP contribution in [0.5, 0.6) is 0 Å². The number of amides is 1. The first-order valence-electron chi connectivity index (χ1n) is 11.1. The fourth-order valence-electron chi connectivity index (χ4n) is 4.41. The highest BCUT2D eigenvalue weighted by molar-refractivity contribution is 7.99. The van der Waals surface area contributed by atoms with Crippen LogP contribution in [-0.4, -0.2) is 77.6 Å². The van der Waals surface area contributed by atoms with Gasteiger partial charge in [0, 0.05) is 55.2 Å². The summed E-state index contributed by atoms with van der Waals surface area (Å²) in [6.07, 6.45) is 2.91. The van der Waals surface area contributed by atoms with Gasteiger partial charge in [0.2, 0.25) is 5.91 Å². The number of aromatic nitrogens is 1. The lowest BCUT2D eigenvalue weighted by molar-refractivity contribution is -0.131. The van der Waals surface area contributed by atoms with E-state index in [0.717, 1.165) is 81.4 Å². The van der Waals surface area contributed by atoms with Gasteiger partial charge < -0.3 is 15.5 Å². The van der Waals surface area contributed by atoms with Crippen LogP contribution in [0.1, 0.15) is 25.0 Å². The highest BCUT2D eigenvalue weighted by Crippen LogP contribution is 2.27. The lowest BCUT2D eigenvalue weighted by atomic mass is 10.1. The average Bonchev–Trinajstić information content (AvgIpc) is 3.31. The molecule has 0 radical (unpaired) electrons. The van der Waals surface area contributed by atoms with E-state index in [4.69, 9.17) is 5.73 Å². The maximum atomic E-state index is 12.3. The van der Waals surface area contributed by atoms with E-state index in [1.807, 2.05) is 16.7 Å². The van der Waals surface area contributed by atoms with Crippen molar-refractivity contribution in [3.63, 3.8) is 0 Å². The molecule has 1 aromatic carbocycles. The van der Waals surface area contributed by atoms with E-state index in [1.165, 1.54) is 11.1 Å². The number of fused-ring (bicyclic) bond motifs is 1. The van der Waals surface area contributed by atoms with E-state index < -0.39 is 0 Å². The Kier molecular flexibility index (Phi) is 7.12. The normalized spacial score (nSPS) is 18.9. The van der Waals surface area contributed by atoms with Crippen molar-refractivity contribution in [3.8, 4) is 0 Å². The van der Waals surface area contributed by atoms with Crippen LogP contribution in [0.4, 0.5) is 5.69 Å². The third-order valence-electron chi connectivity index (χ3n) is 6.16. The van der Waals surface area contributed by atoms with E-state index in [9.17, 15) is 4.79 Å². The molecule has 2 fully saturated rings. The van der Waals surface area contributed by atoms with Crippen LogP contribution in [0.25, 0.3) is 10.9 Å². The van der Waals surface area contributed by atoms with Gasteiger partial charge in [0.25, 0.3) is 0 Å². The summed E-state index contributed by atoms with van der Waals surface area (Å²) >= 11 is 1.81. The van der Waals surface area contributed by atoms with Crippen molar-refractivity contribution in [3.05, 3.63) is 36.0 Å². The van der Waals surface area contributed by atoms with Gasteiger partial charge >= 0.3 is 0 Å². The smallest absolute Gasteiger partial charge is 0.240 e. The lowest BCUT2D eigenvalue weighted by Gasteiger charge is -2.36. The molecule has 1 amide bonds. The van der Waals surface area contributed by atoms with Gasteiger partial charge in [-0.1, -0.05) is 24.6 Å². The number of thioether (sulfide) groups is 1. The van der Waals surface area contributed by atoms with Gasteiger partial charge in [0.05, 0.1) is 17.4 Å². The highest BCUT2D eigenvalue weighted by atomic mass is 32.2. The molecule has 6 nitrogen and oxygen atoms in total. The standard InChI is InChI=1S/C23H33N5OS/c1-18-16-22(19-6-2-3-8-21(19)25-18)27-12-10-26(11-13-27)9-5-4-7-20(24)23(29)28-14-15-30-17-28/h2-3,6,8,16,20H,4-5,7,9-15,17,24H2,1H3/t20-/m0/s1. The quantitative estimate of drug-likeness (QED) is 0.686. The summed E-state index contributed by atoms with van der Waals surface area (Å²) in [5, 5.41) is 1.24. The minimum atomic E-state index is -0.330. The minimum Gasteiger partial charge on any atom is -0.368 e. The van der Waals surface area contributed by atoms with Gasteiger partial charge in [0.15, 0.2) is 0 Å². The molecule has 2 aliphatic rings. The molecule has 4 rings (SSSR count). The second-order valence-corrected chi connectivity index (χ2v) is 9.44. The number of hydrogen-bond donors (Lipinski definition) is 1. The molecule has 2 aromatic rings. The highest BCUT2D eigenvalue weighted by Gasteiger charge is 2.24. The third-order valence-corrected chi connectivity index (χ3v) is 7.12. The molecule has 0 unspecified atom stereocenters. The summed E-state index contributed by atoms with van der Waals surface area (Å²) < 4.78 is 0. The third kappa shape index (κ3) is 5.07. The molecule has 3 heterocycles. The fourth-order valence-corrected chi connectivity index (χ4v) is 5.36. The number of pyridine rings is 1. The number of para-hydroxylation sites is 1. The molecule has 0 aliphatic carbocycles. The van der Waals surface area contributed by atoms with Crippen LogP contribution in [0.15, 0.2) is 30.3 Å². The monoisotopic (exact) mass is 427 g/mol. The number of nitrogens with zero attached hydrogens (tertiary/aromatic N) is 4. The lowest BCUT2D eigenvalue weighted by Crippen LogP contribution is -2.46. The maximum Gasteiger partial charge on any atom is 0.240 e. The van der Waals surface area contributed by atoms with Gasteiger partial charge in [0.1, 0.15) is 0 Å². The molecule has 2 saturated heterocycles. The SMILES string of the molecule is Cc1cc(N2CCN(CCCC[C@H](N)C(=O)N3CCSC3)CC2)c2ccccc2n1. The van der Waals surface area contributed by atoms with Crippen molar-refractivity contribution in [2.24, 2.45) is 5.73 Å². The first kappa shape index (κ1) is 21.4. The number of hydrogen-bond acceptors (Lipinski definition) is 6. The predicted octanol–water partition coefficient (Wildman–Crippen LogP) is 2.70. The molecule has 162 valence electrons. The summed E-state index contributed by atoms with van der Waals surface area (Å²) in [6, 6.07) is 10.3. The van der Waals surface area contributed by atoms with Gasteiger partial charge in [-0.3, -0.25) is 14.7 Å². The Balaban J connectivity index is 1.21. The Bertz CT molecular complexity index is 862. The predicted molar refractivity (Wildman–Crippen MR) is 126 cm³/mol. The number of nitrogens with two attached hydrogens (primary N) is 1. The topological polar surface area (TPSA) is 65.7 Å². The van der Waals surface area contributed by atoms with E-state index in [2.05, 4.69) is 52.0 Å². The fraction of sp³-hybridized carbons (Fsp3) is 0.565. The molecule has 30 heavy (non-hydrogen) atoms. The van der Waals surface area contributed by atoms with Gasteiger partial charge in [-0.15, -0.1) is 11.8 Å². The van der Waals surface area contributed by atoms with Crippen LogP contribution in [0, 0.1) is 6.92 Å². The number of carbonyl (C=O) groups excluding carboxylic acids is 1. The van der Waals surface area contributed by atoms with Gasteiger partial charge in [-0.25, -0.2) is 0 Å². The zero-order chi connectivity index (χ0) is 20.9. The van der Waals surface area contributed by atoms with E-state index in [0.29, 0.717) is 0 Å². The van der Waals surface area contributed by atoms with Crippen LogP contribution in [-0.2, 0) is 4.79 Å². The number of anilines is 1. The summed E-state index contributed by atoms with van der Waals surface area (Å²) in [4.78, 5) is 23.9. The Labute approximate surface area is 183 Å². The molecule has 1 aromatic heterocycles. The number of rotatable bonds is 7. The van der Waals surface area contributed by atoms with Crippen LogP contribution in [0.2, 0.25) is 0 Å². The summed E-state index contributed by atoms with van der Waals surface area (Å²) in [5.74, 6) is 1.98. The van der Waals surface area contributed by atoms with Crippen molar-refractivity contribution in [1.82, 2.24) is 14.8 Å². The number of unbranched alkanes of at least 4 members (excludes halogenated alkanes) is 1. The molecule has 1 atom stereocenters. The molecule has 2 aliphatic heterocycles. The number of carbonyl (C=O) groups is 1. The molecule has 0 saturated carbocycles. The summed E-state index contributed by atoms with van der Waals surface area (Å²) in [6.45, 7) is 8.25. The van der Waals surface area contributed by atoms with Crippen molar-refractivity contribution in [1.29, 1.82) is 0 Å². The van der Waals surface area contributed by atoms with E-state index in [1.54, 1.807) is 0 Å². The van der Waals surface area contributed by atoms with Crippen LogP contribution < -0.4 is 10.6 Å². The van der Waals surface area contributed by atoms with Crippen molar-refractivity contribution in [2.45, 2.75) is 32.2 Å². The maximum absolute atomic E-state index is 12.3. The van der Waals surface area contributed by atoms with Crippen molar-refractivity contribution >= 4 is 34.3 Å². The number of benzene rings is 1. The van der Waals surface area contributed by atoms with Gasteiger partial charge in [-0.2, -0.15) is 0 Å². The zero-order valence-electron chi connectivity index (χ0n) is 17.9. The largest absolute Gasteiger partial charge is 0.368 e. The molecular weight excluding hydrogens is 394 g/mol. The zero-order valence-corrected chi connectivity index (χ0v) is 18.7. The van der Waals surface area contributed by atoms with E-state index in [-0.39, 0.29) is 11.9 Å². The Hall–Kier alpha value is -1.83. The van der Waals surface area contributed by atoms with Crippen molar-refractivity contribution < 1.29 is 4.79 Å². The minimum absolute atomic E-state index is 0.133. The molecular formula is C23H33N5OS. The molecule has 0 spiro atoms. The first-order chi connectivity index (χ1) is 14.6.